The molecule has 12 heteroatoms. The van der Waals surface area contributed by atoms with Crippen molar-refractivity contribution in [1.29, 1.82) is 0 Å². The number of methoxy groups -OCH3 is 1. The lowest BCUT2D eigenvalue weighted by atomic mass is 9.95. The molecule has 11 nitrogen and oxygen atoms in total. The molecule has 8 rings (SSSR count). The number of aryl methyl sites for hydroxylation is 2. The van der Waals surface area contributed by atoms with Gasteiger partial charge < -0.3 is 18.9 Å². The fourth-order valence-electron chi connectivity index (χ4n) is 6.37. The Labute approximate surface area is 260 Å². The third-order valence-electron chi connectivity index (χ3n) is 8.76. The van der Waals surface area contributed by atoms with Gasteiger partial charge in [0.05, 0.1) is 34.8 Å². The predicted molar refractivity (Wildman–Crippen MR) is 164 cm³/mol. The van der Waals surface area contributed by atoms with Crippen molar-refractivity contribution in [2.75, 3.05) is 27.0 Å². The minimum Gasteiger partial charge on any atom is -0.493 e. The Hall–Kier alpha value is -4.68. The van der Waals surface area contributed by atoms with E-state index in [1.807, 2.05) is 12.1 Å². The van der Waals surface area contributed by atoms with Gasteiger partial charge in [0.1, 0.15) is 12.3 Å². The number of nitrogens with zero attached hydrogens (tertiary/aromatic N) is 5. The van der Waals surface area contributed by atoms with Gasteiger partial charge in [0.15, 0.2) is 35.7 Å². The zero-order valence-corrected chi connectivity index (χ0v) is 25.6. The number of ether oxygens (including phenoxy) is 4. The van der Waals surface area contributed by atoms with Crippen LogP contribution in [0.5, 0.6) is 23.0 Å². The van der Waals surface area contributed by atoms with Crippen molar-refractivity contribution in [3.05, 3.63) is 78.2 Å². The molecule has 0 atom stereocenters. The van der Waals surface area contributed by atoms with E-state index < -0.39 is 10.0 Å². The molecular formula is C33H32N5O6S+. The Kier molecular flexibility index (Phi) is 6.83. The second-order valence-electron chi connectivity index (χ2n) is 11.5. The first kappa shape index (κ1) is 27.8. The molecule has 0 radical (unpaired) electrons. The minimum absolute atomic E-state index is 0.172. The van der Waals surface area contributed by atoms with E-state index in [1.165, 1.54) is 5.56 Å². The molecule has 0 N–H and O–H groups in total. The molecule has 0 aliphatic carbocycles. The standard InChI is InChI=1S/C33H32N5O6S/c1-41-30-10-5-22-15-29-27-17-32-31(43-21-44-32)16-23(27)11-14-36(29)19-28(22)33(30)42-20-24-18-38(35-34-24)25-6-8-26(9-7-25)45(39,40)37-12-3-2-4-13-37/h5-10,15-19H,2-4,11-14,20-21H2,1H3/q+1. The molecule has 3 aliphatic heterocycles. The van der Waals surface area contributed by atoms with Gasteiger partial charge in [0.2, 0.25) is 22.5 Å². The highest BCUT2D eigenvalue weighted by Crippen LogP contribution is 2.42. The van der Waals surface area contributed by atoms with Gasteiger partial charge in [-0.25, -0.2) is 13.1 Å². The van der Waals surface area contributed by atoms with E-state index in [4.69, 9.17) is 18.9 Å². The number of pyridine rings is 1. The number of sulfonamides is 1. The Morgan fingerprint density at radius 3 is 2.58 bits per heavy atom. The first-order valence-corrected chi connectivity index (χ1v) is 16.5. The fraction of sp³-hybridized carbons (Fsp3) is 0.303. The van der Waals surface area contributed by atoms with Gasteiger partial charge in [0, 0.05) is 25.6 Å². The normalized spacial score (nSPS) is 15.9. The molecule has 45 heavy (non-hydrogen) atoms. The van der Waals surface area contributed by atoms with E-state index in [-0.39, 0.29) is 18.3 Å². The molecular weight excluding hydrogens is 594 g/mol. The van der Waals surface area contributed by atoms with Gasteiger partial charge in [0.25, 0.3) is 0 Å². The van der Waals surface area contributed by atoms with E-state index in [2.05, 4.69) is 39.3 Å². The predicted octanol–water partition coefficient (Wildman–Crippen LogP) is 4.42. The molecule has 0 saturated carbocycles. The van der Waals surface area contributed by atoms with Gasteiger partial charge in [-0.3, -0.25) is 0 Å². The largest absolute Gasteiger partial charge is 0.493 e. The molecule has 0 amide bonds. The van der Waals surface area contributed by atoms with Crippen molar-refractivity contribution in [1.82, 2.24) is 19.3 Å². The van der Waals surface area contributed by atoms with Gasteiger partial charge in [-0.05, 0) is 72.3 Å². The summed E-state index contributed by atoms with van der Waals surface area (Å²) in [6, 6.07) is 17.0. The molecule has 0 unspecified atom stereocenters. The van der Waals surface area contributed by atoms with E-state index >= 15 is 0 Å². The first-order valence-electron chi connectivity index (χ1n) is 15.1. The van der Waals surface area contributed by atoms with Crippen LogP contribution in [0.4, 0.5) is 0 Å². The average Bonchev–Trinajstić information content (AvgIpc) is 3.75. The smallest absolute Gasteiger partial charge is 0.243 e. The Morgan fingerprint density at radius 1 is 0.978 bits per heavy atom. The van der Waals surface area contributed by atoms with Crippen molar-refractivity contribution < 1.29 is 31.9 Å². The molecule has 5 heterocycles. The van der Waals surface area contributed by atoms with Gasteiger partial charge in [-0.15, -0.1) is 5.10 Å². The number of fused-ring (bicyclic) bond motifs is 5. The zero-order chi connectivity index (χ0) is 30.5. The first-order chi connectivity index (χ1) is 22.0. The lowest BCUT2D eigenvalue weighted by Crippen LogP contribution is -2.40. The van der Waals surface area contributed by atoms with Crippen molar-refractivity contribution in [3.63, 3.8) is 0 Å². The second-order valence-corrected chi connectivity index (χ2v) is 13.4. The van der Waals surface area contributed by atoms with E-state index in [1.54, 1.807) is 46.6 Å². The number of rotatable bonds is 7. The summed E-state index contributed by atoms with van der Waals surface area (Å²) in [6.07, 6.45) is 7.64. The van der Waals surface area contributed by atoms with Crippen LogP contribution in [0.25, 0.3) is 27.7 Å². The maximum Gasteiger partial charge on any atom is 0.243 e. The molecule has 1 fully saturated rings. The Bertz CT molecular complexity index is 2040. The SMILES string of the molecule is COc1ccc2cc3[n+](cc2c1OCc1cn(-c2ccc(S(=O)(=O)N4CCCCC4)cc2)nn1)CCc1cc2c(cc1-3)OCO2. The molecule has 0 bridgehead atoms. The number of hydrogen-bond acceptors (Lipinski definition) is 8. The fourth-order valence-corrected chi connectivity index (χ4v) is 7.89. The van der Waals surface area contributed by atoms with Crippen LogP contribution in [-0.4, -0.2) is 54.7 Å². The average molecular weight is 627 g/mol. The summed E-state index contributed by atoms with van der Waals surface area (Å²) in [6.45, 7) is 2.38. The lowest BCUT2D eigenvalue weighted by molar-refractivity contribution is -0.686. The van der Waals surface area contributed by atoms with Crippen molar-refractivity contribution in [3.8, 4) is 39.9 Å². The van der Waals surface area contributed by atoms with Crippen LogP contribution in [0, 0.1) is 0 Å². The third-order valence-corrected chi connectivity index (χ3v) is 10.7. The minimum atomic E-state index is -3.50. The maximum absolute atomic E-state index is 13.0. The molecule has 5 aromatic rings. The van der Waals surface area contributed by atoms with Crippen LogP contribution in [-0.2, 0) is 29.6 Å². The highest BCUT2D eigenvalue weighted by Gasteiger charge is 2.29. The summed E-state index contributed by atoms with van der Waals surface area (Å²) in [7, 11) is -1.87. The van der Waals surface area contributed by atoms with Gasteiger partial charge in [-0.2, -0.15) is 8.87 Å². The van der Waals surface area contributed by atoms with Crippen molar-refractivity contribution >= 4 is 20.8 Å². The van der Waals surface area contributed by atoms with Crippen LogP contribution in [0.2, 0.25) is 0 Å². The summed E-state index contributed by atoms with van der Waals surface area (Å²) in [5.41, 5.74) is 4.81. The molecule has 3 aromatic carbocycles. The van der Waals surface area contributed by atoms with Gasteiger partial charge >= 0.3 is 0 Å². The van der Waals surface area contributed by atoms with Crippen molar-refractivity contribution in [2.24, 2.45) is 0 Å². The molecule has 2 aromatic heterocycles. The Balaban J connectivity index is 1.04. The van der Waals surface area contributed by atoms with Crippen LogP contribution < -0.4 is 23.5 Å². The van der Waals surface area contributed by atoms with Gasteiger partial charge in [-0.1, -0.05) is 11.6 Å². The zero-order valence-electron chi connectivity index (χ0n) is 24.8. The maximum atomic E-state index is 13.0. The highest BCUT2D eigenvalue weighted by atomic mass is 32.2. The molecule has 3 aliphatic rings. The van der Waals surface area contributed by atoms with Crippen LogP contribution in [0.3, 0.4) is 0 Å². The van der Waals surface area contributed by atoms with Crippen LogP contribution in [0.15, 0.2) is 71.9 Å². The number of hydrogen-bond donors (Lipinski definition) is 0. The number of piperidine rings is 1. The molecule has 230 valence electrons. The topological polar surface area (TPSA) is 109 Å². The molecule has 1 saturated heterocycles. The van der Waals surface area contributed by atoms with E-state index in [0.717, 1.165) is 65.8 Å². The quantitative estimate of drug-likeness (QED) is 0.244. The van der Waals surface area contributed by atoms with E-state index in [0.29, 0.717) is 36.0 Å². The molecule has 0 spiro atoms. The van der Waals surface area contributed by atoms with Crippen molar-refractivity contribution in [2.45, 2.75) is 43.7 Å². The van der Waals surface area contributed by atoms with Crippen LogP contribution >= 0.6 is 0 Å². The monoisotopic (exact) mass is 626 g/mol. The highest BCUT2D eigenvalue weighted by molar-refractivity contribution is 7.89. The summed E-state index contributed by atoms with van der Waals surface area (Å²) < 4.78 is 54.8. The summed E-state index contributed by atoms with van der Waals surface area (Å²) in [4.78, 5) is 0.287. The third kappa shape index (κ3) is 4.94. The van der Waals surface area contributed by atoms with E-state index in [9.17, 15) is 8.42 Å². The summed E-state index contributed by atoms with van der Waals surface area (Å²) in [5, 5.41) is 10.5. The van der Waals surface area contributed by atoms with Crippen LogP contribution in [0.1, 0.15) is 30.5 Å². The lowest BCUT2D eigenvalue weighted by Gasteiger charge is -2.25. The number of aromatic nitrogens is 4. The summed E-state index contributed by atoms with van der Waals surface area (Å²) >= 11 is 0. The summed E-state index contributed by atoms with van der Waals surface area (Å²) in [5.74, 6) is 2.83. The Morgan fingerprint density at radius 2 is 1.78 bits per heavy atom. The second kappa shape index (κ2) is 11.0. The number of benzene rings is 3.